The summed E-state index contributed by atoms with van der Waals surface area (Å²) >= 11 is 0.923. The van der Waals surface area contributed by atoms with Crippen LogP contribution in [-0.4, -0.2) is 46.7 Å². The van der Waals surface area contributed by atoms with Crippen molar-refractivity contribution >= 4 is 40.4 Å². The molecule has 1 aromatic rings. The molecule has 9 heteroatoms. The van der Waals surface area contributed by atoms with Gasteiger partial charge in [-0.25, -0.2) is 4.39 Å². The van der Waals surface area contributed by atoms with Crippen LogP contribution in [0.15, 0.2) is 36.4 Å². The van der Waals surface area contributed by atoms with E-state index in [-0.39, 0.29) is 30.0 Å². The van der Waals surface area contributed by atoms with Gasteiger partial charge in [-0.3, -0.25) is 24.1 Å². The number of anilines is 1. The zero-order chi connectivity index (χ0) is 17.5. The number of benzene rings is 1. The summed E-state index contributed by atoms with van der Waals surface area (Å²) in [5.41, 5.74) is 0.398. The first kappa shape index (κ1) is 17.7. The Labute approximate surface area is 141 Å². The summed E-state index contributed by atoms with van der Waals surface area (Å²) < 4.78 is 12.7. The van der Waals surface area contributed by atoms with Crippen LogP contribution < -0.4 is 10.6 Å². The fourth-order valence-electron chi connectivity index (χ4n) is 1.82. The van der Waals surface area contributed by atoms with Crippen LogP contribution >= 0.6 is 11.8 Å². The maximum atomic E-state index is 12.7. The van der Waals surface area contributed by atoms with E-state index < -0.39 is 17.6 Å². The molecule has 0 spiro atoms. The van der Waals surface area contributed by atoms with Crippen molar-refractivity contribution in [1.82, 2.24) is 10.2 Å². The molecule has 0 aromatic heterocycles. The molecule has 1 heterocycles. The van der Waals surface area contributed by atoms with Gasteiger partial charge in [-0.2, -0.15) is 0 Å². The molecule has 126 valence electrons. The van der Waals surface area contributed by atoms with Crippen molar-refractivity contribution < 1.29 is 23.6 Å². The number of carbonyl (C=O) groups is 4. The van der Waals surface area contributed by atoms with Crippen molar-refractivity contribution in [2.75, 3.05) is 24.2 Å². The third-order valence-corrected chi connectivity index (χ3v) is 3.83. The first-order valence-corrected chi connectivity index (χ1v) is 7.94. The molecule has 0 saturated carbocycles. The van der Waals surface area contributed by atoms with E-state index in [0.29, 0.717) is 5.69 Å². The SMILES string of the molecule is O=C(/C=C/C(=O)Nc1ccc(F)cc1)NCCN1C(=O)CSC1=O. The zero-order valence-electron chi connectivity index (χ0n) is 12.5. The Bertz CT molecular complexity index is 674. The van der Waals surface area contributed by atoms with Crippen molar-refractivity contribution in [3.63, 3.8) is 0 Å². The molecule has 0 atom stereocenters. The maximum absolute atomic E-state index is 12.7. The van der Waals surface area contributed by atoms with E-state index in [1.807, 2.05) is 0 Å². The average Bonchev–Trinajstić information content (AvgIpc) is 2.87. The van der Waals surface area contributed by atoms with Crippen LogP contribution in [0.2, 0.25) is 0 Å². The Morgan fingerprint density at radius 3 is 2.46 bits per heavy atom. The Morgan fingerprint density at radius 1 is 1.17 bits per heavy atom. The second-order valence-corrected chi connectivity index (χ2v) is 5.65. The highest BCUT2D eigenvalue weighted by molar-refractivity contribution is 8.14. The Hall–Kier alpha value is -2.68. The number of nitrogens with one attached hydrogen (secondary N) is 2. The molecule has 24 heavy (non-hydrogen) atoms. The standard InChI is InChI=1S/C15H14FN3O4S/c16-10-1-3-11(4-2-10)18-13(21)6-5-12(20)17-7-8-19-14(22)9-24-15(19)23/h1-6H,7-9H2,(H,17,20)(H,18,21)/b6-5+. The molecule has 1 aliphatic heterocycles. The second kappa shape index (κ2) is 8.25. The lowest BCUT2D eigenvalue weighted by Gasteiger charge is -2.12. The van der Waals surface area contributed by atoms with E-state index >= 15 is 0 Å². The topological polar surface area (TPSA) is 95.6 Å². The summed E-state index contributed by atoms with van der Waals surface area (Å²) in [6, 6.07) is 5.18. The van der Waals surface area contributed by atoms with E-state index in [4.69, 9.17) is 0 Å². The van der Waals surface area contributed by atoms with Crippen molar-refractivity contribution in [3.05, 3.63) is 42.2 Å². The molecule has 0 radical (unpaired) electrons. The van der Waals surface area contributed by atoms with Gasteiger partial charge in [0.2, 0.25) is 17.7 Å². The highest BCUT2D eigenvalue weighted by Gasteiger charge is 2.29. The molecule has 2 N–H and O–H groups in total. The van der Waals surface area contributed by atoms with Crippen LogP contribution in [0.1, 0.15) is 0 Å². The van der Waals surface area contributed by atoms with Crippen molar-refractivity contribution in [2.45, 2.75) is 0 Å². The summed E-state index contributed by atoms with van der Waals surface area (Å²) in [4.78, 5) is 46.9. The highest BCUT2D eigenvalue weighted by Crippen LogP contribution is 2.17. The van der Waals surface area contributed by atoms with Crippen LogP contribution in [0.4, 0.5) is 14.9 Å². The van der Waals surface area contributed by atoms with Crippen LogP contribution in [0.25, 0.3) is 0 Å². The summed E-state index contributed by atoms with van der Waals surface area (Å²) in [5.74, 6) is -1.66. The van der Waals surface area contributed by atoms with E-state index in [9.17, 15) is 23.6 Å². The molecule has 0 aliphatic carbocycles. The number of carbonyl (C=O) groups excluding carboxylic acids is 4. The number of nitrogens with zero attached hydrogens (tertiary/aromatic N) is 1. The summed E-state index contributed by atoms with van der Waals surface area (Å²) in [5, 5.41) is 4.60. The number of amides is 4. The van der Waals surface area contributed by atoms with Crippen LogP contribution in [0, 0.1) is 5.82 Å². The normalized spacial score (nSPS) is 14.3. The Balaban J connectivity index is 1.72. The van der Waals surface area contributed by atoms with E-state index in [2.05, 4.69) is 10.6 Å². The molecule has 0 bridgehead atoms. The maximum Gasteiger partial charge on any atom is 0.288 e. The number of thioether (sulfide) groups is 1. The minimum Gasteiger partial charge on any atom is -0.351 e. The number of imide groups is 1. The monoisotopic (exact) mass is 351 g/mol. The zero-order valence-corrected chi connectivity index (χ0v) is 13.3. The van der Waals surface area contributed by atoms with Gasteiger partial charge in [-0.1, -0.05) is 11.8 Å². The molecule has 1 aliphatic rings. The van der Waals surface area contributed by atoms with Crippen LogP contribution in [0.3, 0.4) is 0 Å². The fraction of sp³-hybridized carbons (Fsp3) is 0.200. The largest absolute Gasteiger partial charge is 0.351 e. The molecule has 0 unspecified atom stereocenters. The lowest BCUT2D eigenvalue weighted by Crippen LogP contribution is -2.37. The molecular weight excluding hydrogens is 337 g/mol. The van der Waals surface area contributed by atoms with Crippen molar-refractivity contribution in [3.8, 4) is 0 Å². The van der Waals surface area contributed by atoms with Crippen LogP contribution in [0.5, 0.6) is 0 Å². The third-order valence-electron chi connectivity index (χ3n) is 2.97. The van der Waals surface area contributed by atoms with Gasteiger partial charge in [-0.05, 0) is 24.3 Å². The predicted molar refractivity (Wildman–Crippen MR) is 86.7 cm³/mol. The van der Waals surface area contributed by atoms with Crippen molar-refractivity contribution in [2.24, 2.45) is 0 Å². The third kappa shape index (κ3) is 5.20. The van der Waals surface area contributed by atoms with E-state index in [1.165, 1.54) is 24.3 Å². The predicted octanol–water partition coefficient (Wildman–Crippen LogP) is 1.13. The number of halogens is 1. The van der Waals surface area contributed by atoms with Gasteiger partial charge in [0.05, 0.1) is 5.75 Å². The molecule has 1 fully saturated rings. The van der Waals surface area contributed by atoms with Gasteiger partial charge in [0.1, 0.15) is 5.82 Å². The Morgan fingerprint density at radius 2 is 1.83 bits per heavy atom. The molecular formula is C15H14FN3O4S. The highest BCUT2D eigenvalue weighted by atomic mass is 32.2. The number of rotatable bonds is 6. The molecule has 1 aromatic carbocycles. The summed E-state index contributed by atoms with van der Waals surface area (Å²) in [6.45, 7) is 0.187. The molecule has 1 saturated heterocycles. The molecule has 7 nitrogen and oxygen atoms in total. The first-order valence-electron chi connectivity index (χ1n) is 6.95. The first-order chi connectivity index (χ1) is 11.5. The van der Waals surface area contributed by atoms with Gasteiger partial charge in [0.25, 0.3) is 5.24 Å². The fourth-order valence-corrected chi connectivity index (χ4v) is 2.57. The molecule has 4 amide bonds. The van der Waals surface area contributed by atoms with Gasteiger partial charge in [0.15, 0.2) is 0 Å². The summed E-state index contributed by atoms with van der Waals surface area (Å²) in [6.07, 6.45) is 2.06. The lowest BCUT2D eigenvalue weighted by molar-refractivity contribution is -0.125. The van der Waals surface area contributed by atoms with Crippen LogP contribution in [-0.2, 0) is 14.4 Å². The average molecular weight is 351 g/mol. The van der Waals surface area contributed by atoms with E-state index in [0.717, 1.165) is 28.8 Å². The Kier molecular flexibility index (Phi) is 6.07. The van der Waals surface area contributed by atoms with E-state index in [1.54, 1.807) is 0 Å². The smallest absolute Gasteiger partial charge is 0.288 e. The second-order valence-electron chi connectivity index (χ2n) is 4.72. The van der Waals surface area contributed by atoms with Gasteiger partial charge in [-0.15, -0.1) is 0 Å². The number of hydrogen-bond acceptors (Lipinski definition) is 5. The van der Waals surface area contributed by atoms with Gasteiger partial charge >= 0.3 is 0 Å². The van der Waals surface area contributed by atoms with Gasteiger partial charge < -0.3 is 10.6 Å². The minimum atomic E-state index is -0.543. The minimum absolute atomic E-state index is 0.0893. The van der Waals surface area contributed by atoms with Gasteiger partial charge in [0, 0.05) is 30.9 Å². The molecule has 2 rings (SSSR count). The summed E-state index contributed by atoms with van der Waals surface area (Å²) in [7, 11) is 0. The number of hydrogen-bond donors (Lipinski definition) is 2. The lowest BCUT2D eigenvalue weighted by atomic mass is 10.3. The van der Waals surface area contributed by atoms with Crippen molar-refractivity contribution in [1.29, 1.82) is 0 Å². The quantitative estimate of drug-likeness (QED) is 0.749.